The van der Waals surface area contributed by atoms with Crippen molar-refractivity contribution in [1.29, 1.82) is 0 Å². The number of aromatic nitrogens is 1. The Bertz CT molecular complexity index is 832. The summed E-state index contributed by atoms with van der Waals surface area (Å²) in [7, 11) is 0. The van der Waals surface area contributed by atoms with Crippen LogP contribution in [0.4, 0.5) is 5.69 Å². The molecule has 0 radical (unpaired) electrons. The molecule has 1 aliphatic rings. The first kappa shape index (κ1) is 15.0. The molecule has 0 spiro atoms. The Hall–Kier alpha value is -2.60. The summed E-state index contributed by atoms with van der Waals surface area (Å²) in [6, 6.07) is 9.04. The number of furan rings is 1. The number of amides is 1. The second kappa shape index (κ2) is 6.49. The molecule has 0 aliphatic carbocycles. The first-order valence-electron chi connectivity index (χ1n) is 8.25. The third-order valence-corrected chi connectivity index (χ3v) is 4.22. The summed E-state index contributed by atoms with van der Waals surface area (Å²) in [4.78, 5) is 18.8. The number of nitrogens with zero attached hydrogens (tertiary/aromatic N) is 2. The molecule has 0 saturated carbocycles. The fourth-order valence-electron chi connectivity index (χ4n) is 3.03. The van der Waals surface area contributed by atoms with Crippen LogP contribution in [0.15, 0.2) is 45.4 Å². The number of carbonyl (C=O) groups is 1. The first-order valence-corrected chi connectivity index (χ1v) is 8.25. The van der Waals surface area contributed by atoms with Crippen molar-refractivity contribution >= 4 is 22.7 Å². The van der Waals surface area contributed by atoms with E-state index in [-0.39, 0.29) is 5.91 Å². The summed E-state index contributed by atoms with van der Waals surface area (Å²) in [5.41, 5.74) is 2.08. The summed E-state index contributed by atoms with van der Waals surface area (Å²) in [6.07, 6.45) is 5.19. The molecule has 6 heteroatoms. The van der Waals surface area contributed by atoms with Gasteiger partial charge in [-0.2, -0.15) is 0 Å². The number of nitrogens with one attached hydrogen (secondary N) is 1. The molecule has 6 nitrogen and oxygen atoms in total. The number of hydrogen-bond donors (Lipinski definition) is 1. The summed E-state index contributed by atoms with van der Waals surface area (Å²) < 4.78 is 11.0. The Morgan fingerprint density at radius 1 is 1.21 bits per heavy atom. The number of fused-ring (bicyclic) bond motifs is 1. The number of likely N-dealkylation sites (tertiary alicyclic amines) is 1. The highest BCUT2D eigenvalue weighted by molar-refractivity contribution is 5.94. The van der Waals surface area contributed by atoms with E-state index in [1.54, 1.807) is 18.4 Å². The topological polar surface area (TPSA) is 71.5 Å². The summed E-state index contributed by atoms with van der Waals surface area (Å²) >= 11 is 0. The zero-order valence-electron chi connectivity index (χ0n) is 13.3. The molecule has 1 aromatic carbocycles. The van der Waals surface area contributed by atoms with E-state index in [2.05, 4.69) is 15.2 Å². The lowest BCUT2D eigenvalue weighted by molar-refractivity contribution is -0.117. The van der Waals surface area contributed by atoms with Crippen LogP contribution in [-0.4, -0.2) is 35.4 Å². The zero-order chi connectivity index (χ0) is 16.4. The van der Waals surface area contributed by atoms with Crippen LogP contribution in [0.2, 0.25) is 0 Å². The number of oxazole rings is 1. The van der Waals surface area contributed by atoms with Crippen molar-refractivity contribution < 1.29 is 13.6 Å². The molecular weight excluding hydrogens is 306 g/mol. The van der Waals surface area contributed by atoms with E-state index in [0.29, 0.717) is 29.3 Å². The normalized spacial score (nSPS) is 15.7. The SMILES string of the molecule is O=C(CN1CCCCC1)Nc1ccc2oc(-c3ccco3)nc2c1. The molecule has 124 valence electrons. The number of anilines is 1. The van der Waals surface area contributed by atoms with Crippen LogP contribution in [0.5, 0.6) is 0 Å². The smallest absolute Gasteiger partial charge is 0.263 e. The number of rotatable bonds is 4. The molecule has 0 atom stereocenters. The quantitative estimate of drug-likeness (QED) is 0.795. The van der Waals surface area contributed by atoms with Gasteiger partial charge in [0.05, 0.1) is 12.8 Å². The second-order valence-electron chi connectivity index (χ2n) is 6.06. The molecule has 1 N–H and O–H groups in total. The van der Waals surface area contributed by atoms with E-state index in [1.807, 2.05) is 18.2 Å². The molecule has 1 saturated heterocycles. The molecular formula is C18H19N3O3. The van der Waals surface area contributed by atoms with E-state index in [4.69, 9.17) is 8.83 Å². The summed E-state index contributed by atoms with van der Waals surface area (Å²) in [5.74, 6) is 1.03. The van der Waals surface area contributed by atoms with Gasteiger partial charge in [-0.25, -0.2) is 4.98 Å². The molecule has 2 aromatic heterocycles. The van der Waals surface area contributed by atoms with Gasteiger partial charge in [-0.15, -0.1) is 0 Å². The van der Waals surface area contributed by atoms with Gasteiger partial charge in [-0.1, -0.05) is 6.42 Å². The molecule has 1 aliphatic heterocycles. The van der Waals surface area contributed by atoms with Crippen molar-refractivity contribution in [3.63, 3.8) is 0 Å². The summed E-state index contributed by atoms with van der Waals surface area (Å²) in [5, 5.41) is 2.94. The average molecular weight is 325 g/mol. The Morgan fingerprint density at radius 2 is 2.08 bits per heavy atom. The molecule has 1 amide bonds. The number of piperidine rings is 1. The second-order valence-corrected chi connectivity index (χ2v) is 6.06. The van der Waals surface area contributed by atoms with Gasteiger partial charge in [-0.05, 0) is 56.3 Å². The van der Waals surface area contributed by atoms with Gasteiger partial charge in [0.15, 0.2) is 11.3 Å². The maximum Gasteiger partial charge on any atom is 0.263 e. The van der Waals surface area contributed by atoms with E-state index in [0.717, 1.165) is 18.8 Å². The highest BCUT2D eigenvalue weighted by Gasteiger charge is 2.15. The number of hydrogen-bond acceptors (Lipinski definition) is 5. The van der Waals surface area contributed by atoms with Crippen molar-refractivity contribution in [2.45, 2.75) is 19.3 Å². The third-order valence-electron chi connectivity index (χ3n) is 4.22. The highest BCUT2D eigenvalue weighted by Crippen LogP contribution is 2.26. The lowest BCUT2D eigenvalue weighted by atomic mass is 10.1. The highest BCUT2D eigenvalue weighted by atomic mass is 16.4. The Morgan fingerprint density at radius 3 is 2.88 bits per heavy atom. The third kappa shape index (κ3) is 3.19. The molecule has 1 fully saturated rings. The number of carbonyl (C=O) groups excluding carboxylic acids is 1. The van der Waals surface area contributed by atoms with Crippen molar-refractivity contribution in [2.24, 2.45) is 0 Å². The van der Waals surface area contributed by atoms with Gasteiger partial charge >= 0.3 is 0 Å². The van der Waals surface area contributed by atoms with Gasteiger partial charge in [0.1, 0.15) is 5.52 Å². The van der Waals surface area contributed by atoms with Crippen molar-refractivity contribution in [3.05, 3.63) is 36.6 Å². The first-order chi connectivity index (χ1) is 11.8. The van der Waals surface area contributed by atoms with Gasteiger partial charge in [-0.3, -0.25) is 9.69 Å². The maximum absolute atomic E-state index is 12.2. The van der Waals surface area contributed by atoms with Crippen LogP contribution >= 0.6 is 0 Å². The van der Waals surface area contributed by atoms with E-state index >= 15 is 0 Å². The lowest BCUT2D eigenvalue weighted by Gasteiger charge is -2.25. The predicted octanol–water partition coefficient (Wildman–Crippen LogP) is 3.51. The largest absolute Gasteiger partial charge is 0.459 e. The maximum atomic E-state index is 12.2. The van der Waals surface area contributed by atoms with E-state index < -0.39 is 0 Å². The standard InChI is InChI=1S/C18H19N3O3/c22-17(12-21-8-2-1-3-9-21)19-13-6-7-15-14(11-13)20-18(24-15)16-5-4-10-23-16/h4-7,10-11H,1-3,8-9,12H2,(H,19,22). The molecule has 3 aromatic rings. The minimum absolute atomic E-state index is 0.00556. The van der Waals surface area contributed by atoms with Crippen molar-refractivity contribution in [2.75, 3.05) is 25.0 Å². The van der Waals surface area contributed by atoms with Gasteiger partial charge in [0.2, 0.25) is 5.91 Å². The Kier molecular flexibility index (Phi) is 4.04. The van der Waals surface area contributed by atoms with Gasteiger partial charge in [0.25, 0.3) is 5.89 Å². The molecule has 0 bridgehead atoms. The fourth-order valence-corrected chi connectivity index (χ4v) is 3.03. The average Bonchev–Trinajstić information content (AvgIpc) is 3.24. The van der Waals surface area contributed by atoms with Crippen LogP contribution in [0.3, 0.4) is 0 Å². The van der Waals surface area contributed by atoms with Gasteiger partial charge in [0, 0.05) is 5.69 Å². The van der Waals surface area contributed by atoms with Crippen LogP contribution in [-0.2, 0) is 4.79 Å². The predicted molar refractivity (Wildman–Crippen MR) is 90.6 cm³/mol. The molecule has 3 heterocycles. The fraction of sp³-hybridized carbons (Fsp3) is 0.333. The van der Waals surface area contributed by atoms with Gasteiger partial charge < -0.3 is 14.2 Å². The van der Waals surface area contributed by atoms with Crippen LogP contribution in [0, 0.1) is 0 Å². The van der Waals surface area contributed by atoms with Crippen LogP contribution in [0.1, 0.15) is 19.3 Å². The number of benzene rings is 1. The molecule has 0 unspecified atom stereocenters. The Balaban J connectivity index is 1.47. The molecule has 24 heavy (non-hydrogen) atoms. The zero-order valence-corrected chi connectivity index (χ0v) is 13.3. The van der Waals surface area contributed by atoms with Crippen molar-refractivity contribution in [1.82, 2.24) is 9.88 Å². The van der Waals surface area contributed by atoms with Crippen LogP contribution in [0.25, 0.3) is 22.8 Å². The van der Waals surface area contributed by atoms with Crippen molar-refractivity contribution in [3.8, 4) is 11.7 Å². The monoisotopic (exact) mass is 325 g/mol. The molecule has 4 rings (SSSR count). The minimum Gasteiger partial charge on any atom is -0.459 e. The van der Waals surface area contributed by atoms with E-state index in [9.17, 15) is 4.79 Å². The Labute approximate surface area is 139 Å². The van der Waals surface area contributed by atoms with Crippen LogP contribution < -0.4 is 5.32 Å². The minimum atomic E-state index is 0.00556. The lowest BCUT2D eigenvalue weighted by Crippen LogP contribution is -2.36. The summed E-state index contributed by atoms with van der Waals surface area (Å²) in [6.45, 7) is 2.44. The van der Waals surface area contributed by atoms with E-state index in [1.165, 1.54) is 19.3 Å².